The Hall–Kier alpha value is -4.59. The highest BCUT2D eigenvalue weighted by Gasteiger charge is 2.28. The summed E-state index contributed by atoms with van der Waals surface area (Å²) in [5.74, 6) is 1.90. The standard InChI is InChI=1S/C35H35N7/c1-2-8-28(9-3-1)35-38-22-29(39-35)21-36-20-25-15-17-26(18-16-25)23-42(24-33-40-30-12-4-5-13-31(30)41-33)32-14-6-10-27-11-7-19-37-34(27)32/h1-5,7-9,11-13,15-19,22,32,36H,6,10,14,20-21,23-24H2,(H,38,39)(H,40,41). The van der Waals surface area contributed by atoms with Crippen LogP contribution in [0.15, 0.2) is 103 Å². The lowest BCUT2D eigenvalue weighted by molar-refractivity contribution is 0.153. The van der Waals surface area contributed by atoms with Gasteiger partial charge < -0.3 is 15.3 Å². The van der Waals surface area contributed by atoms with E-state index in [0.717, 1.165) is 73.0 Å². The highest BCUT2D eigenvalue weighted by molar-refractivity contribution is 5.74. The molecule has 7 heteroatoms. The van der Waals surface area contributed by atoms with Crippen molar-refractivity contribution in [2.45, 2.75) is 51.5 Å². The minimum absolute atomic E-state index is 0.264. The van der Waals surface area contributed by atoms with Crippen molar-refractivity contribution in [2.24, 2.45) is 0 Å². The first-order chi connectivity index (χ1) is 20.8. The van der Waals surface area contributed by atoms with Crippen LogP contribution in [0.2, 0.25) is 0 Å². The van der Waals surface area contributed by atoms with Crippen molar-refractivity contribution in [3.05, 3.63) is 137 Å². The molecule has 7 nitrogen and oxygen atoms in total. The maximum Gasteiger partial charge on any atom is 0.137 e. The Morgan fingerprint density at radius 3 is 2.50 bits per heavy atom. The van der Waals surface area contributed by atoms with Crippen LogP contribution in [0.4, 0.5) is 0 Å². The SMILES string of the molecule is c1ccc(-c2ncc(CNCc3ccc(CN(Cc4nc5ccccc5[nH]4)C4CCCc5cccnc54)cc3)[nH]2)cc1. The molecule has 3 N–H and O–H groups in total. The third-order valence-corrected chi connectivity index (χ3v) is 8.13. The van der Waals surface area contributed by atoms with Gasteiger partial charge >= 0.3 is 0 Å². The van der Waals surface area contributed by atoms with Crippen molar-refractivity contribution in [1.82, 2.24) is 35.1 Å². The van der Waals surface area contributed by atoms with Gasteiger partial charge in [0.25, 0.3) is 0 Å². The summed E-state index contributed by atoms with van der Waals surface area (Å²) in [5.41, 5.74) is 9.41. The molecule has 0 saturated heterocycles. The molecule has 1 aliphatic carbocycles. The van der Waals surface area contributed by atoms with Gasteiger partial charge in [-0.15, -0.1) is 0 Å². The monoisotopic (exact) mass is 553 g/mol. The normalized spacial score (nSPS) is 14.8. The molecule has 3 heterocycles. The average molecular weight is 554 g/mol. The van der Waals surface area contributed by atoms with E-state index in [0.29, 0.717) is 0 Å². The largest absolute Gasteiger partial charge is 0.341 e. The van der Waals surface area contributed by atoms with Crippen LogP contribution in [-0.2, 0) is 32.6 Å². The van der Waals surface area contributed by atoms with Gasteiger partial charge in [-0.3, -0.25) is 9.88 Å². The molecule has 3 aromatic heterocycles. The van der Waals surface area contributed by atoms with E-state index in [9.17, 15) is 0 Å². The van der Waals surface area contributed by atoms with E-state index >= 15 is 0 Å². The number of aryl methyl sites for hydroxylation is 1. The van der Waals surface area contributed by atoms with E-state index in [-0.39, 0.29) is 6.04 Å². The first kappa shape index (κ1) is 26.3. The number of aromatic nitrogens is 5. The number of fused-ring (bicyclic) bond motifs is 2. The van der Waals surface area contributed by atoms with Gasteiger partial charge in [0.1, 0.15) is 11.6 Å². The van der Waals surface area contributed by atoms with Crippen molar-refractivity contribution in [3.8, 4) is 11.4 Å². The molecule has 1 unspecified atom stereocenters. The minimum Gasteiger partial charge on any atom is -0.341 e. The van der Waals surface area contributed by atoms with Gasteiger partial charge in [0.2, 0.25) is 0 Å². The minimum atomic E-state index is 0.264. The molecule has 210 valence electrons. The van der Waals surface area contributed by atoms with Gasteiger partial charge in [-0.2, -0.15) is 0 Å². The molecule has 0 spiro atoms. The second kappa shape index (κ2) is 12.1. The van der Waals surface area contributed by atoms with E-state index in [1.54, 1.807) is 0 Å². The quantitative estimate of drug-likeness (QED) is 0.175. The molecular formula is C35H35N7. The number of para-hydroxylation sites is 2. The molecule has 1 atom stereocenters. The Balaban J connectivity index is 1.03. The molecule has 3 aromatic carbocycles. The van der Waals surface area contributed by atoms with Crippen molar-refractivity contribution < 1.29 is 0 Å². The molecule has 0 amide bonds. The Morgan fingerprint density at radius 1 is 0.786 bits per heavy atom. The van der Waals surface area contributed by atoms with E-state index in [4.69, 9.17) is 9.97 Å². The Bertz CT molecular complexity index is 1720. The number of aromatic amines is 2. The number of nitrogens with zero attached hydrogens (tertiary/aromatic N) is 4. The smallest absolute Gasteiger partial charge is 0.137 e. The molecule has 0 aliphatic heterocycles. The summed E-state index contributed by atoms with van der Waals surface area (Å²) in [4.78, 5) is 23.8. The summed E-state index contributed by atoms with van der Waals surface area (Å²) in [6.45, 7) is 3.11. The topological polar surface area (TPSA) is 85.5 Å². The maximum atomic E-state index is 4.90. The van der Waals surface area contributed by atoms with Gasteiger partial charge in [-0.1, -0.05) is 72.8 Å². The lowest BCUT2D eigenvalue weighted by atomic mass is 9.90. The summed E-state index contributed by atoms with van der Waals surface area (Å²) in [6, 6.07) is 32.0. The van der Waals surface area contributed by atoms with Crippen LogP contribution in [0.25, 0.3) is 22.4 Å². The van der Waals surface area contributed by atoms with Crippen LogP contribution in [0.1, 0.15) is 52.8 Å². The van der Waals surface area contributed by atoms with Gasteiger partial charge in [-0.05, 0) is 54.2 Å². The predicted molar refractivity (Wildman–Crippen MR) is 166 cm³/mol. The number of rotatable bonds is 10. The molecule has 0 fully saturated rings. The van der Waals surface area contributed by atoms with Gasteiger partial charge in [0, 0.05) is 43.3 Å². The second-order valence-electron chi connectivity index (χ2n) is 11.1. The molecule has 0 bridgehead atoms. The number of benzene rings is 3. The molecule has 0 saturated carbocycles. The van der Waals surface area contributed by atoms with E-state index < -0.39 is 0 Å². The summed E-state index contributed by atoms with van der Waals surface area (Å²) in [7, 11) is 0. The Kier molecular flexibility index (Phi) is 7.59. The van der Waals surface area contributed by atoms with Gasteiger partial charge in [0.05, 0.1) is 29.3 Å². The Morgan fingerprint density at radius 2 is 1.62 bits per heavy atom. The van der Waals surface area contributed by atoms with Gasteiger partial charge in [0.15, 0.2) is 0 Å². The number of hydrogen-bond acceptors (Lipinski definition) is 5. The number of H-pyrrole nitrogens is 2. The van der Waals surface area contributed by atoms with Crippen molar-refractivity contribution in [3.63, 3.8) is 0 Å². The average Bonchev–Trinajstić information content (AvgIpc) is 3.69. The molecule has 42 heavy (non-hydrogen) atoms. The Labute approximate surface area is 246 Å². The molecule has 1 aliphatic rings. The number of pyridine rings is 1. The first-order valence-electron chi connectivity index (χ1n) is 14.8. The fourth-order valence-electron chi connectivity index (χ4n) is 6.02. The van der Waals surface area contributed by atoms with Crippen LogP contribution in [-0.4, -0.2) is 29.8 Å². The van der Waals surface area contributed by atoms with Crippen LogP contribution in [0.5, 0.6) is 0 Å². The number of imidazole rings is 2. The zero-order chi connectivity index (χ0) is 28.1. The predicted octanol–water partition coefficient (Wildman–Crippen LogP) is 6.72. The summed E-state index contributed by atoms with van der Waals surface area (Å²) in [5, 5.41) is 3.55. The summed E-state index contributed by atoms with van der Waals surface area (Å²) in [6.07, 6.45) is 7.23. The zero-order valence-electron chi connectivity index (χ0n) is 23.6. The van der Waals surface area contributed by atoms with Crippen LogP contribution >= 0.6 is 0 Å². The third kappa shape index (κ3) is 5.88. The lowest BCUT2D eigenvalue weighted by Crippen LogP contribution is -2.31. The second-order valence-corrected chi connectivity index (χ2v) is 11.1. The van der Waals surface area contributed by atoms with Crippen molar-refractivity contribution in [1.29, 1.82) is 0 Å². The van der Waals surface area contributed by atoms with Crippen LogP contribution in [0, 0.1) is 0 Å². The first-order valence-corrected chi connectivity index (χ1v) is 14.8. The summed E-state index contributed by atoms with van der Waals surface area (Å²) >= 11 is 0. The number of nitrogens with one attached hydrogen (secondary N) is 3. The molecular weight excluding hydrogens is 518 g/mol. The van der Waals surface area contributed by atoms with E-state index in [1.807, 2.05) is 36.7 Å². The maximum absolute atomic E-state index is 4.90. The van der Waals surface area contributed by atoms with Crippen LogP contribution < -0.4 is 5.32 Å². The zero-order valence-corrected chi connectivity index (χ0v) is 23.6. The molecule has 0 radical (unpaired) electrons. The molecule has 6 aromatic rings. The third-order valence-electron chi connectivity index (χ3n) is 8.13. The summed E-state index contributed by atoms with van der Waals surface area (Å²) < 4.78 is 0. The van der Waals surface area contributed by atoms with Crippen molar-refractivity contribution >= 4 is 11.0 Å². The fraction of sp³-hybridized carbons (Fsp3) is 0.229. The van der Waals surface area contributed by atoms with Crippen LogP contribution in [0.3, 0.4) is 0 Å². The fourth-order valence-corrected chi connectivity index (χ4v) is 6.02. The highest BCUT2D eigenvalue weighted by atomic mass is 15.2. The lowest BCUT2D eigenvalue weighted by Gasteiger charge is -2.34. The van der Waals surface area contributed by atoms with E-state index in [2.05, 4.69) is 91.9 Å². The number of hydrogen-bond donors (Lipinski definition) is 3. The highest BCUT2D eigenvalue weighted by Crippen LogP contribution is 2.34. The van der Waals surface area contributed by atoms with E-state index in [1.165, 1.54) is 28.8 Å². The molecule has 7 rings (SSSR count). The van der Waals surface area contributed by atoms with Crippen molar-refractivity contribution in [2.75, 3.05) is 0 Å². The van der Waals surface area contributed by atoms with Gasteiger partial charge in [-0.25, -0.2) is 9.97 Å².